The van der Waals surface area contributed by atoms with Gasteiger partial charge >= 0.3 is 6.03 Å². The summed E-state index contributed by atoms with van der Waals surface area (Å²) in [6.07, 6.45) is 4.35. The normalized spacial score (nSPS) is 20.7. The Morgan fingerprint density at radius 3 is 2.52 bits per heavy atom. The fourth-order valence-electron chi connectivity index (χ4n) is 3.40. The molecule has 7 nitrogen and oxygen atoms in total. The maximum atomic E-state index is 12.5. The van der Waals surface area contributed by atoms with Crippen molar-refractivity contribution in [2.75, 3.05) is 44.7 Å². The second kappa shape index (κ2) is 9.60. The highest BCUT2D eigenvalue weighted by Crippen LogP contribution is 2.19. The number of carbonyl (C=O) groups is 2. The van der Waals surface area contributed by atoms with Crippen LogP contribution in [0, 0.1) is 0 Å². The van der Waals surface area contributed by atoms with Crippen LogP contribution >= 0.6 is 0 Å². The molecule has 2 fully saturated rings. The molecular weight excluding hydrogens is 346 g/mol. The van der Waals surface area contributed by atoms with E-state index >= 15 is 0 Å². The van der Waals surface area contributed by atoms with E-state index in [1.54, 1.807) is 16.7 Å². The fraction of sp³-hybridized carbons (Fsp3) is 0.600. The van der Waals surface area contributed by atoms with Crippen molar-refractivity contribution in [2.24, 2.45) is 0 Å². The SMILES string of the molecule is CC(=O)N1CCCN(C(=O)Nc2ccc(OC[C@H]3CCCCO3)cc2)CC1. The third kappa shape index (κ3) is 5.85. The molecule has 0 spiro atoms. The molecule has 0 aromatic heterocycles. The van der Waals surface area contributed by atoms with E-state index in [4.69, 9.17) is 9.47 Å². The molecule has 0 bridgehead atoms. The van der Waals surface area contributed by atoms with Crippen molar-refractivity contribution in [3.05, 3.63) is 24.3 Å². The molecule has 3 amide bonds. The molecule has 0 radical (unpaired) electrons. The molecular formula is C20H29N3O4. The average Bonchev–Trinajstić information content (AvgIpc) is 2.95. The lowest BCUT2D eigenvalue weighted by atomic mass is 10.1. The molecule has 0 aliphatic carbocycles. The first kappa shape index (κ1) is 19.5. The van der Waals surface area contributed by atoms with E-state index < -0.39 is 0 Å². The van der Waals surface area contributed by atoms with Crippen LogP contribution in [0.1, 0.15) is 32.6 Å². The van der Waals surface area contributed by atoms with E-state index in [1.807, 2.05) is 24.3 Å². The first-order chi connectivity index (χ1) is 13.1. The summed E-state index contributed by atoms with van der Waals surface area (Å²) >= 11 is 0. The lowest BCUT2D eigenvalue weighted by molar-refractivity contribution is -0.128. The molecule has 2 aliphatic heterocycles. The summed E-state index contributed by atoms with van der Waals surface area (Å²) < 4.78 is 11.5. The van der Waals surface area contributed by atoms with Crippen LogP contribution in [0.5, 0.6) is 5.75 Å². The third-order valence-electron chi connectivity index (χ3n) is 5.04. The van der Waals surface area contributed by atoms with Crippen molar-refractivity contribution < 1.29 is 19.1 Å². The van der Waals surface area contributed by atoms with Gasteiger partial charge in [0.05, 0.1) is 6.10 Å². The van der Waals surface area contributed by atoms with Gasteiger partial charge in [-0.2, -0.15) is 0 Å². The number of ether oxygens (including phenoxy) is 2. The highest BCUT2D eigenvalue weighted by Gasteiger charge is 2.20. The lowest BCUT2D eigenvalue weighted by Crippen LogP contribution is -2.38. The number of urea groups is 1. The van der Waals surface area contributed by atoms with Gasteiger partial charge in [-0.15, -0.1) is 0 Å². The van der Waals surface area contributed by atoms with Gasteiger partial charge in [-0.25, -0.2) is 4.79 Å². The predicted octanol–water partition coefficient (Wildman–Crippen LogP) is 2.72. The van der Waals surface area contributed by atoms with Crippen LogP contribution in [-0.4, -0.2) is 67.2 Å². The second-order valence-electron chi connectivity index (χ2n) is 7.10. The van der Waals surface area contributed by atoms with Gasteiger partial charge in [-0.1, -0.05) is 0 Å². The van der Waals surface area contributed by atoms with Gasteiger partial charge in [0, 0.05) is 45.4 Å². The number of carbonyl (C=O) groups excluding carboxylic acids is 2. The van der Waals surface area contributed by atoms with Crippen molar-refractivity contribution in [2.45, 2.75) is 38.7 Å². The summed E-state index contributed by atoms with van der Waals surface area (Å²) in [5.41, 5.74) is 0.730. The Balaban J connectivity index is 1.45. The zero-order valence-electron chi connectivity index (χ0n) is 16.0. The quantitative estimate of drug-likeness (QED) is 0.878. The van der Waals surface area contributed by atoms with Crippen LogP contribution in [0.25, 0.3) is 0 Å². The van der Waals surface area contributed by atoms with Crippen molar-refractivity contribution in [1.82, 2.24) is 9.80 Å². The predicted molar refractivity (Wildman–Crippen MR) is 103 cm³/mol. The third-order valence-corrected chi connectivity index (χ3v) is 5.04. The number of hydrogen-bond acceptors (Lipinski definition) is 4. The van der Waals surface area contributed by atoms with Crippen LogP contribution in [-0.2, 0) is 9.53 Å². The zero-order valence-corrected chi connectivity index (χ0v) is 16.0. The molecule has 1 atom stereocenters. The molecule has 1 aromatic rings. The second-order valence-corrected chi connectivity index (χ2v) is 7.10. The standard InChI is InChI=1S/C20H29N3O4/c1-16(24)22-10-4-11-23(13-12-22)20(25)21-17-6-8-18(9-7-17)27-15-19-5-2-3-14-26-19/h6-9,19H,2-5,10-15H2,1H3,(H,21,25)/t19-/m1/s1. The molecule has 0 saturated carbocycles. The summed E-state index contributed by atoms with van der Waals surface area (Å²) in [4.78, 5) is 27.5. The van der Waals surface area contributed by atoms with E-state index in [2.05, 4.69) is 5.32 Å². The van der Waals surface area contributed by atoms with Crippen LogP contribution in [0.2, 0.25) is 0 Å². The number of hydrogen-bond donors (Lipinski definition) is 1. The first-order valence-electron chi connectivity index (χ1n) is 9.78. The summed E-state index contributed by atoms with van der Waals surface area (Å²) in [5, 5.41) is 2.92. The Bertz CT molecular complexity index is 629. The maximum absolute atomic E-state index is 12.5. The number of nitrogens with one attached hydrogen (secondary N) is 1. The van der Waals surface area contributed by atoms with E-state index in [1.165, 1.54) is 6.42 Å². The smallest absolute Gasteiger partial charge is 0.321 e. The number of nitrogens with zero attached hydrogens (tertiary/aromatic N) is 2. The number of benzene rings is 1. The van der Waals surface area contributed by atoms with Crippen molar-refractivity contribution in [3.8, 4) is 5.75 Å². The molecule has 2 saturated heterocycles. The topological polar surface area (TPSA) is 71.1 Å². The van der Waals surface area contributed by atoms with Gasteiger partial charge in [-0.05, 0) is 49.9 Å². The highest BCUT2D eigenvalue weighted by atomic mass is 16.5. The summed E-state index contributed by atoms with van der Waals surface area (Å²) in [5.74, 6) is 0.834. The van der Waals surface area contributed by atoms with Crippen LogP contribution in [0.15, 0.2) is 24.3 Å². The Morgan fingerprint density at radius 1 is 1.07 bits per heavy atom. The molecule has 148 valence electrons. The average molecular weight is 375 g/mol. The van der Waals surface area contributed by atoms with Crippen LogP contribution in [0.4, 0.5) is 10.5 Å². The minimum Gasteiger partial charge on any atom is -0.491 e. The van der Waals surface area contributed by atoms with Crippen molar-refractivity contribution in [3.63, 3.8) is 0 Å². The summed E-state index contributed by atoms with van der Waals surface area (Å²) in [6, 6.07) is 7.27. The van der Waals surface area contributed by atoms with Gasteiger partial charge in [0.15, 0.2) is 0 Å². The number of rotatable bonds is 4. The van der Waals surface area contributed by atoms with Crippen molar-refractivity contribution >= 4 is 17.6 Å². The molecule has 7 heteroatoms. The minimum absolute atomic E-state index is 0.0615. The Hall–Kier alpha value is -2.28. The van der Waals surface area contributed by atoms with Gasteiger partial charge in [0.25, 0.3) is 0 Å². The zero-order chi connectivity index (χ0) is 19.1. The number of anilines is 1. The fourth-order valence-corrected chi connectivity index (χ4v) is 3.40. The molecule has 1 N–H and O–H groups in total. The van der Waals surface area contributed by atoms with E-state index in [-0.39, 0.29) is 18.0 Å². The van der Waals surface area contributed by atoms with E-state index in [0.717, 1.165) is 37.3 Å². The molecule has 2 heterocycles. The van der Waals surface area contributed by atoms with Crippen molar-refractivity contribution in [1.29, 1.82) is 0 Å². The largest absolute Gasteiger partial charge is 0.491 e. The van der Waals surface area contributed by atoms with Gasteiger partial charge in [0.2, 0.25) is 5.91 Å². The number of amides is 3. The molecule has 3 rings (SSSR count). The maximum Gasteiger partial charge on any atom is 0.321 e. The molecule has 1 aromatic carbocycles. The first-order valence-corrected chi connectivity index (χ1v) is 9.78. The van der Waals surface area contributed by atoms with Crippen LogP contribution < -0.4 is 10.1 Å². The highest BCUT2D eigenvalue weighted by molar-refractivity contribution is 5.89. The van der Waals surface area contributed by atoms with Gasteiger partial charge < -0.3 is 24.6 Å². The minimum atomic E-state index is -0.135. The Morgan fingerprint density at radius 2 is 1.81 bits per heavy atom. The molecule has 2 aliphatic rings. The van der Waals surface area contributed by atoms with E-state index in [0.29, 0.717) is 32.8 Å². The Labute approximate surface area is 160 Å². The van der Waals surface area contributed by atoms with E-state index in [9.17, 15) is 9.59 Å². The molecule has 0 unspecified atom stereocenters. The lowest BCUT2D eigenvalue weighted by Gasteiger charge is -2.23. The van der Waals surface area contributed by atoms with Gasteiger partial charge in [-0.3, -0.25) is 4.79 Å². The monoisotopic (exact) mass is 375 g/mol. The summed E-state index contributed by atoms with van der Waals surface area (Å²) in [7, 11) is 0. The summed E-state index contributed by atoms with van der Waals surface area (Å²) in [6.45, 7) is 5.44. The van der Waals surface area contributed by atoms with Crippen LogP contribution in [0.3, 0.4) is 0 Å². The Kier molecular flexibility index (Phi) is 6.92. The molecule has 27 heavy (non-hydrogen) atoms. The van der Waals surface area contributed by atoms with Gasteiger partial charge in [0.1, 0.15) is 12.4 Å².